The van der Waals surface area contributed by atoms with Gasteiger partial charge in [-0.2, -0.15) is 5.10 Å². The van der Waals surface area contributed by atoms with E-state index in [9.17, 15) is 18.4 Å². The zero-order chi connectivity index (χ0) is 21.0. The minimum Gasteiger partial charge on any atom is -0.350 e. The number of aromatic nitrogens is 2. The van der Waals surface area contributed by atoms with Crippen molar-refractivity contribution in [2.75, 3.05) is 13.1 Å². The summed E-state index contributed by atoms with van der Waals surface area (Å²) < 4.78 is 28.0. The lowest BCUT2D eigenvalue weighted by Crippen LogP contribution is -2.35. The molecule has 3 rings (SSSR count). The number of carbonyl (C=O) groups is 2. The average molecular weight is 419 g/mol. The second-order valence-electron chi connectivity index (χ2n) is 6.13. The first kappa shape index (κ1) is 20.5. The molecular formula is C20H17ClF2N4O2. The first-order chi connectivity index (χ1) is 13.9. The third-order valence-electron chi connectivity index (χ3n) is 4.12. The number of hydrogen-bond donors (Lipinski definition) is 2. The maximum atomic E-state index is 13.6. The molecule has 0 spiro atoms. The zero-order valence-electron chi connectivity index (χ0n) is 15.4. The molecule has 0 aliphatic rings. The van der Waals surface area contributed by atoms with Crippen molar-refractivity contribution in [3.05, 3.63) is 82.1 Å². The van der Waals surface area contributed by atoms with E-state index >= 15 is 0 Å². The average Bonchev–Trinajstić information content (AvgIpc) is 3.00. The van der Waals surface area contributed by atoms with E-state index in [4.69, 9.17) is 11.6 Å². The van der Waals surface area contributed by atoms with Gasteiger partial charge in [0.1, 0.15) is 16.8 Å². The fraction of sp³-hybridized carbons (Fsp3) is 0.150. The summed E-state index contributed by atoms with van der Waals surface area (Å²) >= 11 is 6.29. The molecule has 150 valence electrons. The summed E-state index contributed by atoms with van der Waals surface area (Å²) in [6.45, 7) is 1.83. The minimum atomic E-state index is -0.621. The van der Waals surface area contributed by atoms with Crippen molar-refractivity contribution in [1.29, 1.82) is 0 Å². The number of benzene rings is 2. The number of carbonyl (C=O) groups excluding carboxylic acids is 2. The number of nitrogens with one attached hydrogen (secondary N) is 2. The Bertz CT molecular complexity index is 1050. The minimum absolute atomic E-state index is 0.0710. The summed E-state index contributed by atoms with van der Waals surface area (Å²) in [6, 6.07) is 11.1. The molecule has 0 aliphatic heterocycles. The van der Waals surface area contributed by atoms with Gasteiger partial charge in [0.05, 0.1) is 22.5 Å². The second-order valence-corrected chi connectivity index (χ2v) is 6.49. The SMILES string of the molecule is Cc1nn(-c2ccc(F)cc2)c(Cl)c1C(=O)NCCNC(=O)c1ccccc1F. The topological polar surface area (TPSA) is 76.0 Å². The maximum absolute atomic E-state index is 13.6. The molecule has 0 unspecified atom stereocenters. The molecule has 0 aliphatic carbocycles. The van der Waals surface area contributed by atoms with Crippen molar-refractivity contribution < 1.29 is 18.4 Å². The normalized spacial score (nSPS) is 10.6. The largest absolute Gasteiger partial charge is 0.350 e. The smallest absolute Gasteiger partial charge is 0.256 e. The Balaban J connectivity index is 1.61. The van der Waals surface area contributed by atoms with Gasteiger partial charge in [-0.25, -0.2) is 13.5 Å². The number of aryl methyl sites for hydroxylation is 1. The van der Waals surface area contributed by atoms with Crippen LogP contribution in [-0.4, -0.2) is 34.7 Å². The van der Waals surface area contributed by atoms with Gasteiger partial charge in [-0.3, -0.25) is 9.59 Å². The third-order valence-corrected chi connectivity index (χ3v) is 4.47. The molecule has 2 N–H and O–H groups in total. The van der Waals surface area contributed by atoms with Crippen LogP contribution in [0.1, 0.15) is 26.4 Å². The summed E-state index contributed by atoms with van der Waals surface area (Å²) in [5.41, 5.74) is 1.01. The molecule has 3 aromatic rings. The van der Waals surface area contributed by atoms with Gasteiger partial charge in [0.25, 0.3) is 11.8 Å². The predicted molar refractivity (Wildman–Crippen MR) is 104 cm³/mol. The zero-order valence-corrected chi connectivity index (χ0v) is 16.1. The Labute approximate surface area is 170 Å². The van der Waals surface area contributed by atoms with Crippen molar-refractivity contribution in [2.24, 2.45) is 0 Å². The monoisotopic (exact) mass is 418 g/mol. The molecule has 29 heavy (non-hydrogen) atoms. The van der Waals surface area contributed by atoms with E-state index in [-0.39, 0.29) is 29.4 Å². The molecule has 0 saturated carbocycles. The Morgan fingerprint density at radius 2 is 1.62 bits per heavy atom. The number of rotatable bonds is 6. The van der Waals surface area contributed by atoms with Gasteiger partial charge in [0.2, 0.25) is 0 Å². The van der Waals surface area contributed by atoms with Crippen LogP contribution in [-0.2, 0) is 0 Å². The lowest BCUT2D eigenvalue weighted by atomic mass is 10.2. The molecule has 9 heteroatoms. The summed E-state index contributed by atoms with van der Waals surface area (Å²) in [5, 5.41) is 9.47. The van der Waals surface area contributed by atoms with Crippen molar-refractivity contribution in [3.63, 3.8) is 0 Å². The van der Waals surface area contributed by atoms with Crippen LogP contribution in [0.3, 0.4) is 0 Å². The van der Waals surface area contributed by atoms with Crippen LogP contribution >= 0.6 is 11.6 Å². The van der Waals surface area contributed by atoms with E-state index < -0.39 is 23.4 Å². The van der Waals surface area contributed by atoms with Crippen LogP contribution in [0, 0.1) is 18.6 Å². The molecule has 0 atom stereocenters. The van der Waals surface area contributed by atoms with Crippen LogP contribution in [0.25, 0.3) is 5.69 Å². The molecule has 0 fully saturated rings. The molecule has 0 radical (unpaired) electrons. The van der Waals surface area contributed by atoms with Gasteiger partial charge in [-0.1, -0.05) is 23.7 Å². The van der Waals surface area contributed by atoms with E-state index in [1.54, 1.807) is 13.0 Å². The Hall–Kier alpha value is -3.26. The van der Waals surface area contributed by atoms with E-state index in [0.717, 1.165) is 0 Å². The van der Waals surface area contributed by atoms with E-state index in [0.29, 0.717) is 11.4 Å². The Kier molecular flexibility index (Phi) is 6.23. The van der Waals surface area contributed by atoms with Gasteiger partial charge in [0, 0.05) is 13.1 Å². The van der Waals surface area contributed by atoms with Crippen LogP contribution in [0.15, 0.2) is 48.5 Å². The molecule has 0 bridgehead atoms. The van der Waals surface area contributed by atoms with Crippen LogP contribution in [0.5, 0.6) is 0 Å². The third kappa shape index (κ3) is 4.60. The summed E-state index contributed by atoms with van der Waals surface area (Å²) in [4.78, 5) is 24.4. The van der Waals surface area contributed by atoms with E-state index in [2.05, 4.69) is 15.7 Å². The molecule has 1 aromatic heterocycles. The maximum Gasteiger partial charge on any atom is 0.256 e. The van der Waals surface area contributed by atoms with Gasteiger partial charge < -0.3 is 10.6 Å². The van der Waals surface area contributed by atoms with Crippen molar-refractivity contribution in [3.8, 4) is 5.69 Å². The van der Waals surface area contributed by atoms with E-state index in [1.807, 2.05) is 0 Å². The summed E-state index contributed by atoms with van der Waals surface area (Å²) in [5.74, 6) is -2.06. The highest BCUT2D eigenvalue weighted by molar-refractivity contribution is 6.33. The molecule has 0 saturated heterocycles. The molecular weight excluding hydrogens is 402 g/mol. The standard InChI is InChI=1S/C20H17ClF2N4O2/c1-12-17(18(21)27(26-12)14-8-6-13(22)7-9-14)20(29)25-11-10-24-19(28)15-4-2-3-5-16(15)23/h2-9H,10-11H2,1H3,(H,24,28)(H,25,29). The van der Waals surface area contributed by atoms with Gasteiger partial charge in [0.15, 0.2) is 0 Å². The first-order valence-corrected chi connectivity index (χ1v) is 9.08. The van der Waals surface area contributed by atoms with Crippen LogP contribution in [0.4, 0.5) is 8.78 Å². The number of amides is 2. The van der Waals surface area contributed by atoms with Crippen molar-refractivity contribution >= 4 is 23.4 Å². The predicted octanol–water partition coefficient (Wildman–Crippen LogP) is 3.27. The number of nitrogens with zero attached hydrogens (tertiary/aromatic N) is 2. The molecule has 2 aromatic carbocycles. The number of hydrogen-bond acceptors (Lipinski definition) is 3. The van der Waals surface area contributed by atoms with Crippen LogP contribution in [0.2, 0.25) is 5.15 Å². The second kappa shape index (κ2) is 8.83. The Morgan fingerprint density at radius 3 is 2.28 bits per heavy atom. The first-order valence-electron chi connectivity index (χ1n) is 8.70. The lowest BCUT2D eigenvalue weighted by molar-refractivity contribution is 0.0925. The Morgan fingerprint density at radius 1 is 1.00 bits per heavy atom. The molecule has 1 heterocycles. The van der Waals surface area contributed by atoms with Gasteiger partial charge in [-0.05, 0) is 43.3 Å². The highest BCUT2D eigenvalue weighted by Gasteiger charge is 2.21. The van der Waals surface area contributed by atoms with Crippen molar-refractivity contribution in [1.82, 2.24) is 20.4 Å². The molecule has 2 amide bonds. The van der Waals surface area contributed by atoms with Gasteiger partial charge in [-0.15, -0.1) is 0 Å². The fourth-order valence-corrected chi connectivity index (χ4v) is 3.05. The van der Waals surface area contributed by atoms with Crippen LogP contribution < -0.4 is 10.6 Å². The molecule has 6 nitrogen and oxygen atoms in total. The van der Waals surface area contributed by atoms with Crippen molar-refractivity contribution in [2.45, 2.75) is 6.92 Å². The summed E-state index contributed by atoms with van der Waals surface area (Å²) in [6.07, 6.45) is 0. The highest BCUT2D eigenvalue weighted by atomic mass is 35.5. The highest BCUT2D eigenvalue weighted by Crippen LogP contribution is 2.23. The fourth-order valence-electron chi connectivity index (χ4n) is 2.69. The van der Waals surface area contributed by atoms with Gasteiger partial charge >= 0.3 is 0 Å². The van der Waals surface area contributed by atoms with E-state index in [1.165, 1.54) is 47.1 Å². The quantitative estimate of drug-likeness (QED) is 0.603. The summed E-state index contributed by atoms with van der Waals surface area (Å²) in [7, 11) is 0. The number of halogens is 3. The lowest BCUT2D eigenvalue weighted by Gasteiger charge is -2.08.